The number of aliphatic carboxylic acids is 1. The molecule has 0 aliphatic rings. The molecule has 0 atom stereocenters. The number of hydrogen-bond donors (Lipinski definition) is 1. The minimum atomic E-state index is -0.865. The Morgan fingerprint density at radius 1 is 1.37 bits per heavy atom. The molecule has 2 aromatic rings. The number of rotatable bonds is 5. The summed E-state index contributed by atoms with van der Waals surface area (Å²) in [6, 6.07) is 11.2. The Kier molecular flexibility index (Phi) is 4.85. The summed E-state index contributed by atoms with van der Waals surface area (Å²) in [6.07, 6.45) is 0. The highest BCUT2D eigenvalue weighted by Crippen LogP contribution is 2.26. The Labute approximate surface area is 128 Å². The highest BCUT2D eigenvalue weighted by molar-refractivity contribution is 9.11. The molecule has 100 valence electrons. The van der Waals surface area contributed by atoms with Crippen molar-refractivity contribution in [3.63, 3.8) is 0 Å². The van der Waals surface area contributed by atoms with Crippen LogP contribution in [0.1, 0.15) is 4.88 Å². The van der Waals surface area contributed by atoms with E-state index < -0.39 is 5.97 Å². The van der Waals surface area contributed by atoms with Crippen LogP contribution in [0.5, 0.6) is 0 Å². The van der Waals surface area contributed by atoms with Crippen LogP contribution in [0.3, 0.4) is 0 Å². The topological polar surface area (TPSA) is 40.5 Å². The number of hydrogen-bond acceptors (Lipinski definition) is 3. The van der Waals surface area contributed by atoms with Gasteiger partial charge in [-0.2, -0.15) is 0 Å². The molecule has 1 aromatic heterocycles. The first-order valence-corrected chi connectivity index (χ1v) is 7.50. The van der Waals surface area contributed by atoms with Gasteiger partial charge in [0.25, 0.3) is 0 Å². The van der Waals surface area contributed by atoms with Gasteiger partial charge in [-0.05, 0) is 46.3 Å². The number of carbonyl (C=O) groups is 1. The molecule has 0 aliphatic carbocycles. The van der Waals surface area contributed by atoms with E-state index in [0.717, 1.165) is 14.4 Å². The molecule has 3 nitrogen and oxygen atoms in total. The Bertz CT molecular complexity index is 588. The van der Waals surface area contributed by atoms with Crippen LogP contribution in [-0.4, -0.2) is 17.6 Å². The predicted octanol–water partition coefficient (Wildman–Crippen LogP) is 4.26. The Morgan fingerprint density at radius 2 is 2.16 bits per heavy atom. The highest BCUT2D eigenvalue weighted by Gasteiger charge is 2.12. The van der Waals surface area contributed by atoms with E-state index in [1.807, 2.05) is 24.3 Å². The fraction of sp³-hybridized carbons (Fsp3) is 0.154. The van der Waals surface area contributed by atoms with Gasteiger partial charge in [-0.3, -0.25) is 4.79 Å². The number of carboxylic acids is 1. The second-order valence-electron chi connectivity index (χ2n) is 3.94. The SMILES string of the molecule is O=C(O)CN(Cc1ccc(Br)s1)c1cccc(Cl)c1. The highest BCUT2D eigenvalue weighted by atomic mass is 79.9. The molecule has 0 fully saturated rings. The molecule has 0 bridgehead atoms. The molecule has 0 saturated carbocycles. The van der Waals surface area contributed by atoms with E-state index in [4.69, 9.17) is 16.7 Å². The van der Waals surface area contributed by atoms with Crippen LogP contribution in [0.25, 0.3) is 0 Å². The van der Waals surface area contributed by atoms with Gasteiger partial charge >= 0.3 is 5.97 Å². The summed E-state index contributed by atoms with van der Waals surface area (Å²) in [7, 11) is 0. The van der Waals surface area contributed by atoms with Gasteiger partial charge in [-0.25, -0.2) is 0 Å². The van der Waals surface area contributed by atoms with Gasteiger partial charge in [0.15, 0.2) is 0 Å². The van der Waals surface area contributed by atoms with E-state index in [9.17, 15) is 4.79 Å². The third-order valence-electron chi connectivity index (χ3n) is 2.48. The van der Waals surface area contributed by atoms with Crippen molar-refractivity contribution < 1.29 is 9.90 Å². The van der Waals surface area contributed by atoms with E-state index in [2.05, 4.69) is 15.9 Å². The molecule has 0 spiro atoms. The second kappa shape index (κ2) is 6.41. The lowest BCUT2D eigenvalue weighted by molar-refractivity contribution is -0.135. The van der Waals surface area contributed by atoms with Crippen molar-refractivity contribution in [2.45, 2.75) is 6.54 Å². The fourth-order valence-corrected chi connectivity index (χ4v) is 3.38. The summed E-state index contributed by atoms with van der Waals surface area (Å²) in [5, 5.41) is 9.61. The molecule has 0 unspecified atom stereocenters. The zero-order valence-electron chi connectivity index (χ0n) is 9.85. The average molecular weight is 361 g/mol. The lowest BCUT2D eigenvalue weighted by Crippen LogP contribution is -2.28. The van der Waals surface area contributed by atoms with E-state index >= 15 is 0 Å². The fourth-order valence-electron chi connectivity index (χ4n) is 1.70. The lowest BCUT2D eigenvalue weighted by atomic mass is 10.2. The molecule has 1 N–H and O–H groups in total. The third-order valence-corrected chi connectivity index (χ3v) is 4.32. The van der Waals surface area contributed by atoms with Gasteiger partial charge < -0.3 is 10.0 Å². The summed E-state index contributed by atoms with van der Waals surface area (Å²) < 4.78 is 1.03. The van der Waals surface area contributed by atoms with Crippen molar-refractivity contribution in [1.82, 2.24) is 0 Å². The number of carboxylic acid groups (broad SMARTS) is 1. The Hall–Kier alpha value is -1.04. The Balaban J connectivity index is 2.22. The normalized spacial score (nSPS) is 10.4. The molecule has 0 aliphatic heterocycles. The molecule has 0 amide bonds. The van der Waals surface area contributed by atoms with Crippen LogP contribution in [-0.2, 0) is 11.3 Å². The van der Waals surface area contributed by atoms with Crippen LogP contribution < -0.4 is 4.90 Å². The van der Waals surface area contributed by atoms with E-state index in [1.165, 1.54) is 0 Å². The van der Waals surface area contributed by atoms with Gasteiger partial charge in [0.05, 0.1) is 10.3 Å². The summed E-state index contributed by atoms with van der Waals surface area (Å²) in [5.74, 6) is -0.865. The van der Waals surface area contributed by atoms with Crippen molar-refractivity contribution in [3.8, 4) is 0 Å². The maximum Gasteiger partial charge on any atom is 0.323 e. The third kappa shape index (κ3) is 4.23. The first kappa shape index (κ1) is 14.4. The first-order valence-electron chi connectivity index (χ1n) is 5.51. The van der Waals surface area contributed by atoms with Gasteiger partial charge in [0.2, 0.25) is 0 Å². The quantitative estimate of drug-likeness (QED) is 0.866. The zero-order valence-corrected chi connectivity index (χ0v) is 13.0. The molecule has 0 saturated heterocycles. The molecular weight excluding hydrogens is 350 g/mol. The van der Waals surface area contributed by atoms with Crippen LogP contribution in [0.4, 0.5) is 5.69 Å². The van der Waals surface area contributed by atoms with Gasteiger partial charge in [-0.1, -0.05) is 17.7 Å². The molecule has 0 radical (unpaired) electrons. The largest absolute Gasteiger partial charge is 0.480 e. The minimum Gasteiger partial charge on any atom is -0.480 e. The van der Waals surface area contributed by atoms with Crippen molar-refractivity contribution in [3.05, 3.63) is 50.1 Å². The van der Waals surface area contributed by atoms with Crippen LogP contribution >= 0.6 is 38.9 Å². The summed E-state index contributed by atoms with van der Waals surface area (Å²) in [4.78, 5) is 13.9. The maximum absolute atomic E-state index is 11.0. The van der Waals surface area contributed by atoms with Crippen molar-refractivity contribution in [2.24, 2.45) is 0 Å². The Morgan fingerprint density at radius 3 is 2.74 bits per heavy atom. The van der Waals surface area contributed by atoms with Crippen LogP contribution in [0, 0.1) is 0 Å². The predicted molar refractivity (Wildman–Crippen MR) is 82.2 cm³/mol. The summed E-state index contributed by atoms with van der Waals surface area (Å²) >= 11 is 10.9. The molecule has 6 heteroatoms. The number of halogens is 2. The van der Waals surface area contributed by atoms with E-state index in [-0.39, 0.29) is 6.54 Å². The minimum absolute atomic E-state index is 0.0597. The van der Waals surface area contributed by atoms with Crippen molar-refractivity contribution in [1.29, 1.82) is 0 Å². The monoisotopic (exact) mass is 359 g/mol. The maximum atomic E-state index is 11.0. The number of benzene rings is 1. The van der Waals surface area contributed by atoms with Crippen molar-refractivity contribution >= 4 is 50.5 Å². The molecule has 2 rings (SSSR count). The average Bonchev–Trinajstić information content (AvgIpc) is 2.73. The molecular formula is C13H11BrClNO2S. The second-order valence-corrected chi connectivity index (χ2v) is 6.92. The van der Waals surface area contributed by atoms with Crippen molar-refractivity contribution in [2.75, 3.05) is 11.4 Å². The van der Waals surface area contributed by atoms with Gasteiger partial charge in [0.1, 0.15) is 6.54 Å². The standard InChI is InChI=1S/C13H11BrClNO2S/c14-12-5-4-11(19-12)7-16(8-13(17)18)10-3-1-2-9(15)6-10/h1-6H,7-8H2,(H,17,18). The molecule has 1 aromatic carbocycles. The zero-order chi connectivity index (χ0) is 13.8. The van der Waals surface area contributed by atoms with Gasteiger partial charge in [0, 0.05) is 15.6 Å². The molecule has 19 heavy (non-hydrogen) atoms. The van der Waals surface area contributed by atoms with Crippen LogP contribution in [0.15, 0.2) is 40.2 Å². The summed E-state index contributed by atoms with van der Waals surface area (Å²) in [6.45, 7) is 0.485. The molecule has 1 heterocycles. The first-order chi connectivity index (χ1) is 9.04. The van der Waals surface area contributed by atoms with Gasteiger partial charge in [-0.15, -0.1) is 11.3 Å². The number of thiophene rings is 1. The lowest BCUT2D eigenvalue weighted by Gasteiger charge is -2.22. The van der Waals surface area contributed by atoms with E-state index in [1.54, 1.807) is 28.4 Å². The van der Waals surface area contributed by atoms with E-state index in [0.29, 0.717) is 11.6 Å². The summed E-state index contributed by atoms with van der Waals surface area (Å²) in [5.41, 5.74) is 0.805. The smallest absolute Gasteiger partial charge is 0.323 e. The number of anilines is 1. The number of nitrogens with zero attached hydrogens (tertiary/aromatic N) is 1. The van der Waals surface area contributed by atoms with Crippen LogP contribution in [0.2, 0.25) is 5.02 Å².